The van der Waals surface area contributed by atoms with Gasteiger partial charge in [-0.25, -0.2) is 9.18 Å². The fourth-order valence-electron chi connectivity index (χ4n) is 1.58. The van der Waals surface area contributed by atoms with Crippen molar-refractivity contribution >= 4 is 41.1 Å². The van der Waals surface area contributed by atoms with Crippen LogP contribution in [0.25, 0.3) is 0 Å². The zero-order valence-electron chi connectivity index (χ0n) is 13.7. The van der Waals surface area contributed by atoms with Gasteiger partial charge in [0.1, 0.15) is 5.82 Å². The number of carboxylic acids is 1. The quantitative estimate of drug-likeness (QED) is 0.668. The molecule has 0 aliphatic heterocycles. The van der Waals surface area contributed by atoms with Crippen LogP contribution in [0.5, 0.6) is 0 Å². The second kappa shape index (κ2) is 9.58. The number of pyridine rings is 1. The summed E-state index contributed by atoms with van der Waals surface area (Å²) in [6.45, 7) is 4.42. The van der Waals surface area contributed by atoms with E-state index in [0.717, 1.165) is 22.9 Å². The first kappa shape index (κ1) is 20.4. The predicted molar refractivity (Wildman–Crippen MR) is 91.5 cm³/mol. The van der Waals surface area contributed by atoms with Crippen LogP contribution < -0.4 is 0 Å². The van der Waals surface area contributed by atoms with Gasteiger partial charge in [-0.1, -0.05) is 11.6 Å². The topological polar surface area (TPSA) is 67.3 Å². The average molecular weight is 344 g/mol. The maximum atomic E-state index is 13.6. The van der Waals surface area contributed by atoms with E-state index in [0.29, 0.717) is 0 Å². The van der Waals surface area contributed by atoms with E-state index in [2.05, 4.69) is 36.5 Å². The van der Waals surface area contributed by atoms with Crippen molar-refractivity contribution in [2.75, 3.05) is 0 Å². The van der Waals surface area contributed by atoms with E-state index in [1.165, 1.54) is 24.8 Å². The Bertz CT molecular complexity index is 738. The molecular weight excluding hydrogens is 328 g/mol. The average Bonchev–Trinajstić information content (AvgIpc) is 2.56. The number of hydrogen-bond acceptors (Lipinski definition) is 3. The van der Waals surface area contributed by atoms with Crippen molar-refractivity contribution < 1.29 is 19.1 Å². The number of aromatic carboxylic acids is 1. The molecule has 0 radical (unpaired) electrons. The summed E-state index contributed by atoms with van der Waals surface area (Å²) < 4.78 is 14.5. The van der Waals surface area contributed by atoms with Crippen LogP contribution in [-0.2, 0) is 0 Å². The van der Waals surface area contributed by atoms with Gasteiger partial charge in [0.25, 0.3) is 0 Å². The molecule has 1 heterocycles. The van der Waals surface area contributed by atoms with E-state index < -0.39 is 17.6 Å². The summed E-state index contributed by atoms with van der Waals surface area (Å²) in [5.41, 5.74) is -0.697. The third-order valence-electron chi connectivity index (χ3n) is 3.29. The molecular formula is C17H16ClFLiNO3. The predicted octanol–water partition coefficient (Wildman–Crippen LogP) is 4.18. The normalized spacial score (nSPS) is 11.2. The minimum atomic E-state index is -1.31. The molecule has 0 fully saturated rings. The molecule has 0 saturated carbocycles. The van der Waals surface area contributed by atoms with Crippen molar-refractivity contribution in [2.24, 2.45) is 0 Å². The summed E-state index contributed by atoms with van der Waals surface area (Å²) in [5, 5.41) is 9.16. The number of carboxylic acid groups (broad SMARTS) is 1. The molecule has 2 aromatic rings. The van der Waals surface area contributed by atoms with Crippen molar-refractivity contribution in [3.63, 3.8) is 0 Å². The summed E-state index contributed by atoms with van der Waals surface area (Å²) in [6, 6.07) is 4.74. The standard InChI is InChI=1S/C13H7ClFNO3.C4H9.Li/c14-7-1-2-11(15)9(5-7)12(17)8-3-4-16-6-10(8)13(18)19;1-3-4-2;/h1-6H,(H,18,19);3H,4H2,1-2H3;. The van der Waals surface area contributed by atoms with Gasteiger partial charge in [0.15, 0.2) is 5.78 Å². The summed E-state index contributed by atoms with van der Waals surface area (Å²) >= 11 is 7.93. The first-order valence-electron chi connectivity index (χ1n) is 7.44. The van der Waals surface area contributed by atoms with E-state index in [4.69, 9.17) is 16.7 Å². The molecule has 24 heavy (non-hydrogen) atoms. The first-order chi connectivity index (χ1) is 11.3. The fourth-order valence-corrected chi connectivity index (χ4v) is 1.75. The zero-order chi connectivity index (χ0) is 18.3. The van der Waals surface area contributed by atoms with Gasteiger partial charge in [-0.2, -0.15) is 0 Å². The molecule has 0 amide bonds. The fraction of sp³-hybridized carbons (Fsp3) is 0.235. The van der Waals surface area contributed by atoms with Gasteiger partial charge in [0.05, 0.1) is 11.1 Å². The number of hydrogen-bond donors (Lipinski definition) is 1. The van der Waals surface area contributed by atoms with Gasteiger partial charge in [-0.15, -0.1) is 0 Å². The Morgan fingerprint density at radius 2 is 1.92 bits per heavy atom. The number of halogens is 2. The summed E-state index contributed by atoms with van der Waals surface area (Å²) in [4.78, 5) is 26.8. The van der Waals surface area contributed by atoms with Crippen molar-refractivity contribution in [3.05, 3.63) is 64.2 Å². The molecule has 1 aromatic heterocycles. The van der Waals surface area contributed by atoms with Crippen LogP contribution in [-0.4, -0.2) is 39.6 Å². The molecule has 1 unspecified atom stereocenters. The third kappa shape index (κ3) is 5.75. The van der Waals surface area contributed by atoms with E-state index in [1.54, 1.807) is 0 Å². The molecule has 0 spiro atoms. The Kier molecular flexibility index (Phi) is 8.13. The van der Waals surface area contributed by atoms with Gasteiger partial charge >= 0.3 is 48.5 Å². The second-order valence-electron chi connectivity index (χ2n) is 5.48. The number of rotatable bonds is 4. The van der Waals surface area contributed by atoms with Crippen molar-refractivity contribution in [3.8, 4) is 0 Å². The molecule has 0 saturated heterocycles. The molecule has 1 aromatic carbocycles. The van der Waals surface area contributed by atoms with E-state index in [-0.39, 0.29) is 21.7 Å². The number of nitrogens with zero attached hydrogens (tertiary/aromatic N) is 1. The van der Waals surface area contributed by atoms with E-state index in [9.17, 15) is 14.0 Å². The summed E-state index contributed by atoms with van der Waals surface area (Å²) in [6.07, 6.45) is 3.61. The summed E-state index contributed by atoms with van der Waals surface area (Å²) in [5.74, 6) is -2.82. The Morgan fingerprint density at radius 1 is 1.29 bits per heavy atom. The number of benzene rings is 1. The Morgan fingerprint density at radius 3 is 2.46 bits per heavy atom. The zero-order valence-corrected chi connectivity index (χ0v) is 14.5. The van der Waals surface area contributed by atoms with Gasteiger partial charge in [-0.3, -0.25) is 9.78 Å². The first-order valence-corrected chi connectivity index (χ1v) is 7.82. The van der Waals surface area contributed by atoms with E-state index >= 15 is 0 Å². The third-order valence-corrected chi connectivity index (χ3v) is 3.52. The second-order valence-corrected chi connectivity index (χ2v) is 5.92. The van der Waals surface area contributed by atoms with Crippen LogP contribution in [0.2, 0.25) is 9.61 Å². The molecule has 0 aliphatic carbocycles. The minimum absolute atomic E-state index is 0.135. The van der Waals surface area contributed by atoms with E-state index in [1.807, 2.05) is 0 Å². The molecule has 1 N–H and O–H groups in total. The number of carbonyl (C=O) groups excluding carboxylic acids is 1. The van der Waals surface area contributed by atoms with Crippen LogP contribution in [0.15, 0.2) is 36.7 Å². The van der Waals surface area contributed by atoms with Gasteiger partial charge < -0.3 is 5.11 Å². The Balaban J connectivity index is 0.000000505. The molecule has 2 rings (SSSR count). The van der Waals surface area contributed by atoms with Crippen LogP contribution in [0.1, 0.15) is 46.5 Å². The van der Waals surface area contributed by atoms with Crippen LogP contribution >= 0.6 is 11.6 Å². The molecule has 0 aliphatic rings. The van der Waals surface area contributed by atoms with Gasteiger partial charge in [-0.05, 0) is 24.3 Å². The maximum absolute atomic E-state index is 13.6. The number of ketones is 1. The van der Waals surface area contributed by atoms with Gasteiger partial charge in [0.2, 0.25) is 0 Å². The molecule has 7 heteroatoms. The molecule has 122 valence electrons. The number of aromatic nitrogens is 1. The van der Waals surface area contributed by atoms with Crippen LogP contribution in [0, 0.1) is 5.82 Å². The van der Waals surface area contributed by atoms with Crippen LogP contribution in [0.4, 0.5) is 4.39 Å². The molecule has 0 bridgehead atoms. The Hall–Kier alpha value is -1.67. The number of carbonyl (C=O) groups is 2. The molecule has 1 atom stereocenters. The van der Waals surface area contributed by atoms with Crippen molar-refractivity contribution in [1.29, 1.82) is 0 Å². The van der Waals surface area contributed by atoms with Gasteiger partial charge in [0, 0.05) is 23.0 Å². The van der Waals surface area contributed by atoms with Crippen molar-refractivity contribution in [2.45, 2.75) is 24.9 Å². The summed E-state index contributed by atoms with van der Waals surface area (Å²) in [7, 11) is 0. The SMILES string of the molecule is O=C(O)c1cnccc1C(=O)c1cc(Cl)ccc1F.[Li][CH](C)CC. The van der Waals surface area contributed by atoms with Crippen molar-refractivity contribution in [1.82, 2.24) is 4.98 Å². The Labute approximate surface area is 154 Å². The monoisotopic (exact) mass is 343 g/mol. The van der Waals surface area contributed by atoms with Crippen LogP contribution in [0.3, 0.4) is 0 Å². The molecule has 4 nitrogen and oxygen atoms in total.